The highest BCUT2D eigenvalue weighted by atomic mass is 32.2. The number of anilines is 2. The van der Waals surface area contributed by atoms with Crippen LogP contribution in [-0.2, 0) is 20.2 Å². The molecule has 2 N–H and O–H groups in total. The number of fused-ring (bicyclic) bond motifs is 1. The van der Waals surface area contributed by atoms with Crippen molar-refractivity contribution in [2.45, 2.75) is 37.1 Å². The van der Waals surface area contributed by atoms with Crippen LogP contribution in [0.2, 0.25) is 0 Å². The second-order valence-electron chi connectivity index (χ2n) is 9.29. The fraction of sp³-hybridized carbons (Fsp3) is 0.375. The van der Waals surface area contributed by atoms with Crippen LogP contribution in [0.4, 0.5) is 24.7 Å². The fourth-order valence-corrected chi connectivity index (χ4v) is 5.35. The summed E-state index contributed by atoms with van der Waals surface area (Å²) in [5.74, 6) is 0.0544. The number of ether oxygens (including phenoxy) is 1. The summed E-state index contributed by atoms with van der Waals surface area (Å²) in [6.45, 7) is 2.30. The van der Waals surface area contributed by atoms with Crippen LogP contribution in [0.5, 0.6) is 5.88 Å². The van der Waals surface area contributed by atoms with Gasteiger partial charge in [-0.2, -0.15) is 21.6 Å². The average molecular weight is 549 g/mol. The summed E-state index contributed by atoms with van der Waals surface area (Å²) in [4.78, 5) is 29.9. The lowest BCUT2D eigenvalue weighted by Gasteiger charge is -2.29. The summed E-state index contributed by atoms with van der Waals surface area (Å²) in [5, 5.41) is 2.89. The first-order chi connectivity index (χ1) is 18.0. The predicted octanol–water partition coefficient (Wildman–Crippen LogP) is 3.90. The Morgan fingerprint density at radius 1 is 1.13 bits per heavy atom. The van der Waals surface area contributed by atoms with E-state index in [4.69, 9.17) is 4.74 Å². The Kier molecular flexibility index (Phi) is 6.45. The summed E-state index contributed by atoms with van der Waals surface area (Å²) in [7, 11) is -5.67. The van der Waals surface area contributed by atoms with Gasteiger partial charge < -0.3 is 10.1 Å². The highest BCUT2D eigenvalue weighted by Gasteiger charge is 2.59. The lowest BCUT2D eigenvalue weighted by molar-refractivity contribution is -0.122. The molecule has 2 unspecified atom stereocenters. The van der Waals surface area contributed by atoms with Crippen LogP contribution in [0.3, 0.4) is 0 Å². The molecule has 200 valence electrons. The SMILES string of the molecule is CCOc1cncc(-c2ccc(NC(=O)C3(c4cc(NS(=O)(=O)C(F)(F)F)ncn4)CC4CC4C3)cc2)n1. The number of halogens is 3. The van der Waals surface area contributed by atoms with Gasteiger partial charge in [-0.05, 0) is 50.2 Å². The van der Waals surface area contributed by atoms with E-state index in [9.17, 15) is 26.4 Å². The van der Waals surface area contributed by atoms with E-state index in [2.05, 4.69) is 25.3 Å². The molecule has 2 aromatic heterocycles. The molecule has 0 bridgehead atoms. The third-order valence-corrected chi connectivity index (χ3v) is 7.86. The first-order valence-electron chi connectivity index (χ1n) is 11.8. The smallest absolute Gasteiger partial charge is 0.477 e. The number of carbonyl (C=O) groups is 1. The number of nitrogens with one attached hydrogen (secondary N) is 2. The number of hydrogen-bond acceptors (Lipinski definition) is 8. The maximum absolute atomic E-state index is 13.6. The zero-order valence-electron chi connectivity index (χ0n) is 20.1. The van der Waals surface area contributed by atoms with Gasteiger partial charge in [0, 0.05) is 17.3 Å². The van der Waals surface area contributed by atoms with E-state index in [0.717, 1.165) is 24.4 Å². The van der Waals surface area contributed by atoms with Crippen molar-refractivity contribution in [1.29, 1.82) is 0 Å². The summed E-state index contributed by atoms with van der Waals surface area (Å²) in [5.41, 5.74) is -4.63. The lowest BCUT2D eigenvalue weighted by Crippen LogP contribution is -2.40. The Morgan fingerprint density at radius 3 is 2.50 bits per heavy atom. The fourth-order valence-electron chi connectivity index (χ4n) is 4.85. The normalized spacial score (nSPS) is 22.4. The molecule has 0 spiro atoms. The van der Waals surface area contributed by atoms with Crippen molar-refractivity contribution < 1.29 is 31.1 Å². The summed E-state index contributed by atoms with van der Waals surface area (Å²) < 4.78 is 68.5. The van der Waals surface area contributed by atoms with Crippen LogP contribution < -0.4 is 14.8 Å². The molecule has 2 aliphatic rings. The van der Waals surface area contributed by atoms with Crippen molar-refractivity contribution in [3.63, 3.8) is 0 Å². The van der Waals surface area contributed by atoms with E-state index >= 15 is 0 Å². The number of carbonyl (C=O) groups excluding carboxylic acids is 1. The maximum Gasteiger partial charge on any atom is 0.516 e. The molecule has 2 aliphatic carbocycles. The van der Waals surface area contributed by atoms with Gasteiger partial charge in [0.05, 0.1) is 35.8 Å². The third-order valence-electron chi connectivity index (χ3n) is 6.77. The first kappa shape index (κ1) is 25.8. The van der Waals surface area contributed by atoms with Gasteiger partial charge in [0.2, 0.25) is 11.8 Å². The van der Waals surface area contributed by atoms with Crippen molar-refractivity contribution in [1.82, 2.24) is 19.9 Å². The van der Waals surface area contributed by atoms with E-state index in [1.54, 1.807) is 30.5 Å². The van der Waals surface area contributed by atoms with Crippen LogP contribution in [0.25, 0.3) is 11.3 Å². The molecule has 10 nitrogen and oxygen atoms in total. The van der Waals surface area contributed by atoms with Crippen molar-refractivity contribution >= 4 is 27.4 Å². The monoisotopic (exact) mass is 548 g/mol. The van der Waals surface area contributed by atoms with Crippen molar-refractivity contribution in [3.05, 3.63) is 54.7 Å². The van der Waals surface area contributed by atoms with Gasteiger partial charge in [-0.15, -0.1) is 0 Å². The number of amides is 1. The van der Waals surface area contributed by atoms with Gasteiger partial charge in [0.1, 0.15) is 12.1 Å². The number of aromatic nitrogens is 4. The molecule has 5 rings (SSSR count). The lowest BCUT2D eigenvalue weighted by atomic mass is 9.78. The quantitative estimate of drug-likeness (QED) is 0.433. The van der Waals surface area contributed by atoms with Crippen LogP contribution >= 0.6 is 0 Å². The Balaban J connectivity index is 1.38. The number of sulfonamides is 1. The molecule has 0 radical (unpaired) electrons. The van der Waals surface area contributed by atoms with E-state index in [1.807, 2.05) is 6.92 Å². The number of nitrogens with zero attached hydrogens (tertiary/aromatic N) is 4. The van der Waals surface area contributed by atoms with Crippen LogP contribution in [0, 0.1) is 11.8 Å². The highest BCUT2D eigenvalue weighted by molar-refractivity contribution is 7.93. The standard InChI is InChI=1S/C24H23F3N6O4S/c1-2-37-21-12-28-11-18(32-21)14-3-5-17(6-4-14)31-22(34)23(9-15-7-16(15)10-23)19-8-20(30-13-29-19)33-38(35,36)24(25,26)27/h3-6,8,11-13,15-16H,2,7,9-10H2,1H3,(H,31,34)(H,29,30,33). The van der Waals surface area contributed by atoms with E-state index in [-0.39, 0.29) is 11.6 Å². The minimum Gasteiger partial charge on any atom is -0.477 e. The van der Waals surface area contributed by atoms with Gasteiger partial charge in [0.25, 0.3) is 0 Å². The summed E-state index contributed by atoms with van der Waals surface area (Å²) in [6.07, 6.45) is 5.92. The van der Waals surface area contributed by atoms with Crippen LogP contribution in [0.1, 0.15) is 31.9 Å². The third kappa shape index (κ3) is 4.99. The summed E-state index contributed by atoms with van der Waals surface area (Å²) in [6, 6.07) is 8.04. The topological polar surface area (TPSA) is 136 Å². The highest BCUT2D eigenvalue weighted by Crippen LogP contribution is 2.60. The number of benzene rings is 1. The second-order valence-corrected chi connectivity index (χ2v) is 11.0. The molecule has 2 heterocycles. The maximum atomic E-state index is 13.6. The first-order valence-corrected chi connectivity index (χ1v) is 13.3. The summed E-state index contributed by atoms with van der Waals surface area (Å²) >= 11 is 0. The van der Waals surface area contributed by atoms with E-state index in [0.29, 0.717) is 48.5 Å². The van der Waals surface area contributed by atoms with Crippen LogP contribution in [0.15, 0.2) is 49.1 Å². The van der Waals surface area contributed by atoms with Crippen molar-refractivity contribution in [2.75, 3.05) is 16.6 Å². The number of alkyl halides is 3. The minimum atomic E-state index is -5.67. The number of hydrogen-bond donors (Lipinski definition) is 2. The zero-order chi connectivity index (χ0) is 27.1. The Bertz CT molecular complexity index is 1460. The Labute approximate surface area is 216 Å². The van der Waals surface area contributed by atoms with Crippen LogP contribution in [-0.4, -0.2) is 46.4 Å². The zero-order valence-corrected chi connectivity index (χ0v) is 20.9. The minimum absolute atomic E-state index is 0.164. The Hall–Kier alpha value is -3.81. The molecule has 0 aliphatic heterocycles. The molecular weight excluding hydrogens is 525 g/mol. The van der Waals surface area contributed by atoms with Crippen molar-refractivity contribution in [2.24, 2.45) is 11.8 Å². The van der Waals surface area contributed by atoms with Gasteiger partial charge >= 0.3 is 15.5 Å². The van der Waals surface area contributed by atoms with Gasteiger partial charge in [-0.3, -0.25) is 14.5 Å². The predicted molar refractivity (Wildman–Crippen MR) is 130 cm³/mol. The Morgan fingerprint density at radius 2 is 1.84 bits per heavy atom. The molecule has 0 saturated heterocycles. The molecule has 38 heavy (non-hydrogen) atoms. The molecule has 2 atom stereocenters. The van der Waals surface area contributed by atoms with E-state index < -0.39 is 26.8 Å². The van der Waals surface area contributed by atoms with Gasteiger partial charge in [-0.1, -0.05) is 12.1 Å². The van der Waals surface area contributed by atoms with Gasteiger partial charge in [-0.25, -0.2) is 15.0 Å². The molecule has 1 amide bonds. The molecule has 2 fully saturated rings. The molecule has 1 aromatic carbocycles. The molecule has 2 saturated carbocycles. The molecule has 14 heteroatoms. The van der Waals surface area contributed by atoms with Gasteiger partial charge in [0.15, 0.2) is 0 Å². The average Bonchev–Trinajstić information content (AvgIpc) is 3.49. The molecule has 3 aromatic rings. The number of rotatable bonds is 8. The largest absolute Gasteiger partial charge is 0.516 e. The van der Waals surface area contributed by atoms with E-state index in [1.165, 1.54) is 10.9 Å². The molecular formula is C24H23F3N6O4S. The van der Waals surface area contributed by atoms with Crippen molar-refractivity contribution in [3.8, 4) is 17.1 Å². The second kappa shape index (κ2) is 9.49.